The monoisotopic (exact) mass is 783 g/mol. The molecule has 0 aliphatic carbocycles. The van der Waals surface area contributed by atoms with Crippen LogP contribution in [0, 0.1) is 0 Å². The average Bonchev–Trinajstić information content (AvgIpc) is 3.14. The number of carbonyl (C=O) groups excluding carboxylic acids is 2. The Hall–Kier alpha value is -1.73. The van der Waals surface area contributed by atoms with Gasteiger partial charge in [0.25, 0.3) is 0 Å². The minimum absolute atomic E-state index is 0.206. The Balaban J connectivity index is 3.90. The second kappa shape index (κ2) is 40.9. The van der Waals surface area contributed by atoms with Gasteiger partial charge >= 0.3 is 19.8 Å². The molecule has 9 heteroatoms. The molecule has 0 rings (SSSR count). The summed E-state index contributed by atoms with van der Waals surface area (Å²) in [5.74, 6) is -0.893. The lowest BCUT2D eigenvalue weighted by atomic mass is 10.1. The van der Waals surface area contributed by atoms with E-state index in [0.29, 0.717) is 12.8 Å². The number of hydrogen-bond donors (Lipinski definition) is 2. The van der Waals surface area contributed by atoms with E-state index in [1.165, 1.54) is 122 Å². The molecule has 0 saturated carbocycles. The Bertz CT molecular complexity index is 973. The van der Waals surface area contributed by atoms with Gasteiger partial charge in [-0.05, 0) is 70.6 Å². The number of phosphoric acid groups is 1. The van der Waals surface area contributed by atoms with Crippen LogP contribution < -0.4 is 0 Å². The van der Waals surface area contributed by atoms with Crippen LogP contribution in [-0.4, -0.2) is 41.0 Å². The zero-order chi connectivity index (χ0) is 39.6. The lowest BCUT2D eigenvalue weighted by Crippen LogP contribution is -2.29. The zero-order valence-corrected chi connectivity index (χ0v) is 35.8. The Morgan fingerprint density at radius 3 is 1.28 bits per heavy atom. The molecule has 0 aromatic rings. The van der Waals surface area contributed by atoms with Crippen LogP contribution in [0.1, 0.15) is 219 Å². The van der Waals surface area contributed by atoms with Gasteiger partial charge in [0, 0.05) is 12.8 Å². The molecule has 8 nitrogen and oxygen atoms in total. The van der Waals surface area contributed by atoms with E-state index >= 15 is 0 Å². The standard InChI is InChI=1S/C45H83O8P/c1-3-5-7-9-11-13-15-17-19-21-22-24-26-28-30-32-34-36-38-40-45(47)53-43(42-52-54(48,49)50)41-51-44(46)39-37-35-33-31-29-27-25-23-20-18-16-14-12-10-8-6-4-2/h12,14,18,20-22,43H,3-11,13,15-17,19,23-42H2,1-2H3,(H2,48,49,50)/b14-12-,20-18-,22-21-/t43-/m1/s1. The van der Waals surface area contributed by atoms with Gasteiger partial charge in [-0.15, -0.1) is 0 Å². The third-order valence-corrected chi connectivity index (χ3v) is 10.1. The van der Waals surface area contributed by atoms with Crippen molar-refractivity contribution in [3.63, 3.8) is 0 Å². The normalized spacial score (nSPS) is 12.7. The highest BCUT2D eigenvalue weighted by Crippen LogP contribution is 2.36. The lowest BCUT2D eigenvalue weighted by Gasteiger charge is -2.18. The van der Waals surface area contributed by atoms with E-state index in [0.717, 1.165) is 57.8 Å². The van der Waals surface area contributed by atoms with E-state index in [2.05, 4.69) is 54.8 Å². The van der Waals surface area contributed by atoms with Crippen LogP contribution in [0.15, 0.2) is 36.5 Å². The van der Waals surface area contributed by atoms with Crippen molar-refractivity contribution in [3.05, 3.63) is 36.5 Å². The summed E-state index contributed by atoms with van der Waals surface area (Å²) in [5.41, 5.74) is 0. The molecule has 0 aromatic carbocycles. The summed E-state index contributed by atoms with van der Waals surface area (Å²) in [5, 5.41) is 0. The van der Waals surface area contributed by atoms with Gasteiger partial charge in [0.05, 0.1) is 6.61 Å². The summed E-state index contributed by atoms with van der Waals surface area (Å²) in [4.78, 5) is 42.9. The van der Waals surface area contributed by atoms with Crippen LogP contribution in [-0.2, 0) is 28.2 Å². The Morgan fingerprint density at radius 1 is 0.481 bits per heavy atom. The molecule has 0 aromatic heterocycles. The topological polar surface area (TPSA) is 119 Å². The van der Waals surface area contributed by atoms with Crippen molar-refractivity contribution in [2.24, 2.45) is 0 Å². The van der Waals surface area contributed by atoms with Crippen molar-refractivity contribution < 1.29 is 37.9 Å². The summed E-state index contributed by atoms with van der Waals surface area (Å²) < 4.78 is 26.4. The average molecular weight is 783 g/mol. The highest BCUT2D eigenvalue weighted by Gasteiger charge is 2.22. The number of unbranched alkanes of at least 4 members (excludes halogenated alkanes) is 25. The van der Waals surface area contributed by atoms with Gasteiger partial charge in [0.2, 0.25) is 0 Å². The maximum Gasteiger partial charge on any atom is 0.469 e. The van der Waals surface area contributed by atoms with Crippen LogP contribution in [0.4, 0.5) is 0 Å². The first kappa shape index (κ1) is 52.3. The number of rotatable bonds is 41. The van der Waals surface area contributed by atoms with Gasteiger partial charge in [-0.25, -0.2) is 4.57 Å². The van der Waals surface area contributed by atoms with E-state index in [1.54, 1.807) is 0 Å². The maximum absolute atomic E-state index is 12.4. The smallest absolute Gasteiger partial charge is 0.462 e. The second-order valence-corrected chi connectivity index (χ2v) is 16.3. The molecule has 2 N–H and O–H groups in total. The fraction of sp³-hybridized carbons (Fsp3) is 0.822. The Kier molecular flexibility index (Phi) is 39.6. The molecule has 0 fully saturated rings. The number of allylic oxidation sites excluding steroid dienone is 6. The third-order valence-electron chi connectivity index (χ3n) is 9.63. The predicted molar refractivity (Wildman–Crippen MR) is 225 cm³/mol. The number of phosphoric ester groups is 1. The molecule has 0 bridgehead atoms. The molecule has 0 saturated heterocycles. The molecular formula is C45H83O8P. The molecule has 0 spiro atoms. The first-order chi connectivity index (χ1) is 26.3. The molecule has 0 radical (unpaired) electrons. The summed E-state index contributed by atoms with van der Waals surface area (Å²) in [6.45, 7) is 3.67. The van der Waals surface area contributed by atoms with E-state index in [-0.39, 0.29) is 19.4 Å². The van der Waals surface area contributed by atoms with Gasteiger partial charge in [-0.2, -0.15) is 0 Å². The van der Waals surface area contributed by atoms with Crippen molar-refractivity contribution >= 4 is 19.8 Å². The van der Waals surface area contributed by atoms with Crippen LogP contribution in [0.3, 0.4) is 0 Å². The van der Waals surface area contributed by atoms with Crippen LogP contribution in [0.25, 0.3) is 0 Å². The first-order valence-corrected chi connectivity index (χ1v) is 23.8. The van der Waals surface area contributed by atoms with E-state index in [4.69, 9.17) is 19.3 Å². The second-order valence-electron chi connectivity index (χ2n) is 15.0. The molecule has 54 heavy (non-hydrogen) atoms. The number of ether oxygens (including phenoxy) is 2. The van der Waals surface area contributed by atoms with Crippen molar-refractivity contribution in [2.45, 2.75) is 225 Å². The molecule has 316 valence electrons. The van der Waals surface area contributed by atoms with E-state index < -0.39 is 32.5 Å². The van der Waals surface area contributed by atoms with Crippen molar-refractivity contribution in [3.8, 4) is 0 Å². The third kappa shape index (κ3) is 43.0. The SMILES string of the molecule is CCCCC/C=C\C/C=C\CCCCCCCCCC(=O)OC[C@H](COP(=O)(O)O)OC(=O)CCCCCCCCC/C=C\CCCCCCCCCC. The van der Waals surface area contributed by atoms with Crippen molar-refractivity contribution in [1.29, 1.82) is 0 Å². The summed E-state index contributed by atoms with van der Waals surface area (Å²) in [7, 11) is -4.76. The zero-order valence-electron chi connectivity index (χ0n) is 34.9. The van der Waals surface area contributed by atoms with Gasteiger partial charge in [-0.3, -0.25) is 14.1 Å². The summed E-state index contributed by atoms with van der Waals surface area (Å²) >= 11 is 0. The van der Waals surface area contributed by atoms with Gasteiger partial charge in [0.15, 0.2) is 6.10 Å². The maximum atomic E-state index is 12.4. The van der Waals surface area contributed by atoms with Gasteiger partial charge in [0.1, 0.15) is 6.61 Å². The fourth-order valence-electron chi connectivity index (χ4n) is 6.28. The fourth-order valence-corrected chi connectivity index (χ4v) is 6.64. The van der Waals surface area contributed by atoms with E-state index in [1.807, 2.05) is 0 Å². The summed E-state index contributed by atoms with van der Waals surface area (Å²) in [6, 6.07) is 0. The first-order valence-electron chi connectivity index (χ1n) is 22.3. The van der Waals surface area contributed by atoms with Crippen LogP contribution in [0.5, 0.6) is 0 Å². The predicted octanol–water partition coefficient (Wildman–Crippen LogP) is 13.7. The molecule has 0 heterocycles. The number of carbonyl (C=O) groups is 2. The summed E-state index contributed by atoms with van der Waals surface area (Å²) in [6.07, 6.45) is 48.6. The molecule has 0 aliphatic heterocycles. The lowest BCUT2D eigenvalue weighted by molar-refractivity contribution is -0.161. The van der Waals surface area contributed by atoms with Gasteiger partial charge < -0.3 is 19.3 Å². The largest absolute Gasteiger partial charge is 0.469 e. The van der Waals surface area contributed by atoms with Gasteiger partial charge in [-0.1, -0.05) is 172 Å². The van der Waals surface area contributed by atoms with Crippen molar-refractivity contribution in [2.75, 3.05) is 13.2 Å². The van der Waals surface area contributed by atoms with Crippen LogP contribution >= 0.6 is 7.82 Å². The van der Waals surface area contributed by atoms with E-state index in [9.17, 15) is 14.2 Å². The minimum atomic E-state index is -4.76. The quantitative estimate of drug-likeness (QED) is 0.0272. The molecule has 0 aliphatic rings. The molecular weight excluding hydrogens is 699 g/mol. The number of hydrogen-bond acceptors (Lipinski definition) is 6. The molecule has 0 unspecified atom stereocenters. The van der Waals surface area contributed by atoms with Crippen LogP contribution in [0.2, 0.25) is 0 Å². The number of esters is 2. The minimum Gasteiger partial charge on any atom is -0.462 e. The van der Waals surface area contributed by atoms with Crippen molar-refractivity contribution in [1.82, 2.24) is 0 Å². The highest BCUT2D eigenvalue weighted by molar-refractivity contribution is 7.46. The Morgan fingerprint density at radius 2 is 0.833 bits per heavy atom. The Labute approximate surface area is 332 Å². The molecule has 1 atom stereocenters. The molecule has 0 amide bonds. The highest BCUT2D eigenvalue weighted by atomic mass is 31.2.